The Morgan fingerprint density at radius 2 is 1.62 bits per heavy atom. The van der Waals surface area contributed by atoms with Crippen molar-refractivity contribution in [3.05, 3.63) is 30.4 Å². The Balaban J connectivity index is 1.43. The maximum Gasteiger partial charge on any atom is 0.227 e. The van der Waals surface area contributed by atoms with Crippen LogP contribution in [0.2, 0.25) is 0 Å². The van der Waals surface area contributed by atoms with Crippen molar-refractivity contribution in [1.29, 1.82) is 0 Å². The first-order valence-electron chi connectivity index (χ1n) is 8.54. The highest BCUT2D eigenvalue weighted by molar-refractivity contribution is 5.45. The molecule has 0 radical (unpaired) electrons. The number of piperazine rings is 1. The van der Waals surface area contributed by atoms with Gasteiger partial charge in [-0.3, -0.25) is 0 Å². The molecule has 2 aromatic heterocycles. The molecule has 2 aromatic rings. The summed E-state index contributed by atoms with van der Waals surface area (Å²) in [6, 6.07) is 3.95. The zero-order valence-electron chi connectivity index (χ0n) is 14.3. The molecule has 1 aliphatic heterocycles. The molecule has 1 saturated carbocycles. The molecule has 0 aromatic carbocycles. The SMILES string of the molecule is CN(C)c1ccnc(N2CCN(c3ccnc(C4CC4)n3)CC2)n1. The van der Waals surface area contributed by atoms with Crippen molar-refractivity contribution in [1.82, 2.24) is 19.9 Å². The van der Waals surface area contributed by atoms with Gasteiger partial charge >= 0.3 is 0 Å². The van der Waals surface area contributed by atoms with Gasteiger partial charge in [0.1, 0.15) is 17.5 Å². The van der Waals surface area contributed by atoms with Gasteiger partial charge in [-0.15, -0.1) is 0 Å². The van der Waals surface area contributed by atoms with E-state index in [1.165, 1.54) is 12.8 Å². The minimum Gasteiger partial charge on any atom is -0.363 e. The van der Waals surface area contributed by atoms with Gasteiger partial charge < -0.3 is 14.7 Å². The fourth-order valence-corrected chi connectivity index (χ4v) is 2.95. The minimum atomic E-state index is 0.591. The number of hydrogen-bond acceptors (Lipinski definition) is 7. The Morgan fingerprint density at radius 1 is 0.917 bits per heavy atom. The van der Waals surface area contributed by atoms with Crippen molar-refractivity contribution in [3.8, 4) is 0 Å². The van der Waals surface area contributed by atoms with Crippen molar-refractivity contribution < 1.29 is 0 Å². The monoisotopic (exact) mass is 325 g/mol. The van der Waals surface area contributed by atoms with Crippen molar-refractivity contribution in [2.24, 2.45) is 0 Å². The van der Waals surface area contributed by atoms with Gasteiger partial charge in [0.2, 0.25) is 5.95 Å². The summed E-state index contributed by atoms with van der Waals surface area (Å²) in [4.78, 5) is 24.8. The Labute approximate surface area is 142 Å². The van der Waals surface area contributed by atoms with Crippen LogP contribution >= 0.6 is 0 Å². The van der Waals surface area contributed by atoms with Gasteiger partial charge in [0.25, 0.3) is 0 Å². The van der Waals surface area contributed by atoms with Crippen LogP contribution in [-0.4, -0.2) is 60.2 Å². The van der Waals surface area contributed by atoms with E-state index in [2.05, 4.69) is 24.8 Å². The molecular formula is C17H23N7. The Kier molecular flexibility index (Phi) is 3.92. The van der Waals surface area contributed by atoms with Gasteiger partial charge in [0.15, 0.2) is 0 Å². The topological polar surface area (TPSA) is 61.3 Å². The second-order valence-electron chi connectivity index (χ2n) is 6.63. The number of anilines is 3. The van der Waals surface area contributed by atoms with Crippen LogP contribution in [0.25, 0.3) is 0 Å². The summed E-state index contributed by atoms with van der Waals surface area (Å²) in [5, 5.41) is 0. The van der Waals surface area contributed by atoms with Crippen molar-refractivity contribution in [2.75, 3.05) is 55.0 Å². The van der Waals surface area contributed by atoms with E-state index in [0.29, 0.717) is 5.92 Å². The third-order valence-electron chi connectivity index (χ3n) is 4.57. The normalized spacial score (nSPS) is 17.9. The molecule has 3 heterocycles. The highest BCUT2D eigenvalue weighted by Gasteiger charge is 2.27. The summed E-state index contributed by atoms with van der Waals surface area (Å²) in [7, 11) is 3.99. The molecule has 0 unspecified atom stereocenters. The molecule has 7 nitrogen and oxygen atoms in total. The number of nitrogens with zero attached hydrogens (tertiary/aromatic N) is 7. The van der Waals surface area contributed by atoms with E-state index in [4.69, 9.17) is 4.98 Å². The van der Waals surface area contributed by atoms with E-state index in [1.54, 1.807) is 0 Å². The van der Waals surface area contributed by atoms with E-state index in [1.807, 2.05) is 43.5 Å². The van der Waals surface area contributed by atoms with E-state index in [-0.39, 0.29) is 0 Å². The second kappa shape index (κ2) is 6.22. The van der Waals surface area contributed by atoms with Crippen LogP contribution < -0.4 is 14.7 Å². The molecule has 4 rings (SSSR count). The summed E-state index contributed by atoms with van der Waals surface area (Å²) < 4.78 is 0. The zero-order chi connectivity index (χ0) is 16.5. The first-order valence-corrected chi connectivity index (χ1v) is 8.54. The maximum atomic E-state index is 4.75. The zero-order valence-corrected chi connectivity index (χ0v) is 14.3. The lowest BCUT2D eigenvalue weighted by Crippen LogP contribution is -2.47. The summed E-state index contributed by atoms with van der Waals surface area (Å²) in [6.07, 6.45) is 6.19. The van der Waals surface area contributed by atoms with Crippen LogP contribution in [0.3, 0.4) is 0 Å². The molecule has 0 N–H and O–H groups in total. The third-order valence-corrected chi connectivity index (χ3v) is 4.57. The fraction of sp³-hybridized carbons (Fsp3) is 0.529. The van der Waals surface area contributed by atoms with Crippen molar-refractivity contribution >= 4 is 17.6 Å². The van der Waals surface area contributed by atoms with Gasteiger partial charge in [-0.2, -0.15) is 4.98 Å². The quantitative estimate of drug-likeness (QED) is 0.845. The predicted molar refractivity (Wildman–Crippen MR) is 94.8 cm³/mol. The highest BCUT2D eigenvalue weighted by Crippen LogP contribution is 2.38. The van der Waals surface area contributed by atoms with Crippen molar-refractivity contribution in [3.63, 3.8) is 0 Å². The average Bonchev–Trinajstić information content (AvgIpc) is 3.47. The first kappa shape index (κ1) is 15.1. The lowest BCUT2D eigenvalue weighted by atomic mass is 10.3. The molecule has 1 aliphatic carbocycles. The van der Waals surface area contributed by atoms with Crippen LogP contribution in [-0.2, 0) is 0 Å². The third kappa shape index (κ3) is 3.11. The number of aromatic nitrogens is 4. The van der Waals surface area contributed by atoms with Crippen LogP contribution in [0.4, 0.5) is 17.6 Å². The van der Waals surface area contributed by atoms with Crippen LogP contribution in [0.1, 0.15) is 24.6 Å². The van der Waals surface area contributed by atoms with Crippen molar-refractivity contribution in [2.45, 2.75) is 18.8 Å². The largest absolute Gasteiger partial charge is 0.363 e. The lowest BCUT2D eigenvalue weighted by Gasteiger charge is -2.35. The summed E-state index contributed by atoms with van der Waals surface area (Å²) in [5.41, 5.74) is 0. The number of hydrogen-bond donors (Lipinski definition) is 0. The van der Waals surface area contributed by atoms with Gasteiger partial charge in [-0.1, -0.05) is 0 Å². The second-order valence-corrected chi connectivity index (χ2v) is 6.63. The molecule has 0 bridgehead atoms. The van der Waals surface area contributed by atoms with Gasteiger partial charge in [0.05, 0.1) is 0 Å². The van der Waals surface area contributed by atoms with E-state index in [0.717, 1.165) is 49.6 Å². The van der Waals surface area contributed by atoms with Crippen LogP contribution in [0.5, 0.6) is 0 Å². The van der Waals surface area contributed by atoms with Gasteiger partial charge in [-0.05, 0) is 25.0 Å². The molecule has 126 valence electrons. The summed E-state index contributed by atoms with van der Waals surface area (Å²) in [5.74, 6) is 4.40. The summed E-state index contributed by atoms with van der Waals surface area (Å²) in [6.45, 7) is 3.66. The Morgan fingerprint density at radius 3 is 2.33 bits per heavy atom. The molecule has 2 aliphatic rings. The molecule has 7 heteroatoms. The first-order chi connectivity index (χ1) is 11.7. The predicted octanol–water partition coefficient (Wildman–Crippen LogP) is 1.54. The van der Waals surface area contributed by atoms with E-state index >= 15 is 0 Å². The molecule has 24 heavy (non-hydrogen) atoms. The average molecular weight is 325 g/mol. The smallest absolute Gasteiger partial charge is 0.227 e. The molecule has 0 atom stereocenters. The standard InChI is InChI=1S/C17H23N7/c1-22(2)14-5-8-19-17(21-14)24-11-9-23(10-12-24)15-6-7-18-16(20-15)13-3-4-13/h5-8,13H,3-4,9-12H2,1-2H3. The lowest BCUT2D eigenvalue weighted by molar-refractivity contribution is 0.632. The molecular weight excluding hydrogens is 302 g/mol. The minimum absolute atomic E-state index is 0.591. The van der Waals surface area contributed by atoms with Crippen LogP contribution in [0, 0.1) is 0 Å². The Bertz CT molecular complexity index is 652. The van der Waals surface area contributed by atoms with E-state index in [9.17, 15) is 0 Å². The number of rotatable bonds is 4. The highest BCUT2D eigenvalue weighted by atomic mass is 15.3. The molecule has 0 spiro atoms. The molecule has 1 saturated heterocycles. The van der Waals surface area contributed by atoms with Gasteiger partial charge in [-0.25, -0.2) is 15.0 Å². The molecule has 0 amide bonds. The Hall–Kier alpha value is -2.44. The summed E-state index contributed by atoms with van der Waals surface area (Å²) >= 11 is 0. The maximum absolute atomic E-state index is 4.75. The van der Waals surface area contributed by atoms with E-state index < -0.39 is 0 Å². The van der Waals surface area contributed by atoms with Crippen LogP contribution in [0.15, 0.2) is 24.5 Å². The fourth-order valence-electron chi connectivity index (χ4n) is 2.95. The molecule has 2 fully saturated rings. The van der Waals surface area contributed by atoms with Gasteiger partial charge in [0, 0.05) is 58.6 Å².